The largest absolute Gasteiger partial charge is 0.466 e. The molecule has 2 unspecified atom stereocenters. The summed E-state index contributed by atoms with van der Waals surface area (Å²) < 4.78 is 5.47. The van der Waals surface area contributed by atoms with Gasteiger partial charge >= 0.3 is 5.97 Å². The van der Waals surface area contributed by atoms with E-state index >= 15 is 0 Å². The van der Waals surface area contributed by atoms with Gasteiger partial charge in [0.15, 0.2) is 0 Å². The highest BCUT2D eigenvalue weighted by atomic mass is 16.5. The third-order valence-electron chi connectivity index (χ3n) is 14.1. The van der Waals surface area contributed by atoms with Gasteiger partial charge in [0.1, 0.15) is 0 Å². The van der Waals surface area contributed by atoms with Crippen LogP contribution >= 0.6 is 0 Å². The topological polar surface area (TPSA) is 95.9 Å². The fourth-order valence-corrected chi connectivity index (χ4v) is 9.46. The average Bonchev–Trinajstić information content (AvgIpc) is 3.32. The van der Waals surface area contributed by atoms with E-state index in [0.717, 1.165) is 57.8 Å². The number of unbranched alkanes of at least 4 members (excludes halogenated alkanes) is 43. The quantitative estimate of drug-likeness (QED) is 0.0321. The Morgan fingerprint density at radius 1 is 0.409 bits per heavy atom. The van der Waals surface area contributed by atoms with Crippen LogP contribution in [-0.2, 0) is 14.3 Å². The second-order valence-electron chi connectivity index (χ2n) is 20.7. The van der Waals surface area contributed by atoms with Crippen LogP contribution in [0.1, 0.15) is 335 Å². The highest BCUT2D eigenvalue weighted by molar-refractivity contribution is 5.76. The van der Waals surface area contributed by atoms with Crippen LogP contribution < -0.4 is 5.32 Å². The van der Waals surface area contributed by atoms with Crippen molar-refractivity contribution in [2.24, 2.45) is 0 Å². The molecule has 0 fully saturated rings. The third-order valence-corrected chi connectivity index (χ3v) is 14.1. The summed E-state index contributed by atoms with van der Waals surface area (Å²) >= 11 is 0. The zero-order chi connectivity index (χ0) is 47.9. The average molecular weight is 933 g/mol. The molecule has 0 heterocycles. The van der Waals surface area contributed by atoms with Gasteiger partial charge in [-0.15, -0.1) is 0 Å². The maximum absolute atomic E-state index is 12.5. The first-order valence-corrected chi connectivity index (χ1v) is 29.9. The molecule has 392 valence electrons. The zero-order valence-corrected chi connectivity index (χ0v) is 44.7. The van der Waals surface area contributed by atoms with Crippen LogP contribution in [0.25, 0.3) is 0 Å². The number of ether oxygens (including phenoxy) is 1. The first-order chi connectivity index (χ1) is 32.5. The molecular formula is C60H117NO5. The van der Waals surface area contributed by atoms with Gasteiger partial charge in [-0.3, -0.25) is 9.59 Å². The number of aliphatic hydroxyl groups excluding tert-OH is 2. The molecule has 0 spiro atoms. The molecule has 0 aliphatic carbocycles. The molecule has 0 aliphatic rings. The van der Waals surface area contributed by atoms with Gasteiger partial charge in [-0.25, -0.2) is 0 Å². The predicted octanol–water partition coefficient (Wildman–Crippen LogP) is 18.5. The first kappa shape index (κ1) is 64.6. The Balaban J connectivity index is 3.46. The maximum atomic E-state index is 12.5. The van der Waals surface area contributed by atoms with Crippen LogP contribution in [0.15, 0.2) is 12.2 Å². The van der Waals surface area contributed by atoms with E-state index < -0.39 is 12.1 Å². The molecule has 3 N–H and O–H groups in total. The Morgan fingerprint density at radius 3 is 1.08 bits per heavy atom. The fourth-order valence-electron chi connectivity index (χ4n) is 9.46. The van der Waals surface area contributed by atoms with E-state index in [-0.39, 0.29) is 18.5 Å². The Labute approximate surface area is 412 Å². The number of aliphatic hydroxyl groups is 2. The molecule has 0 saturated heterocycles. The summed E-state index contributed by atoms with van der Waals surface area (Å²) in [5.41, 5.74) is 0. The fraction of sp³-hybridized carbons (Fsp3) is 0.933. The van der Waals surface area contributed by atoms with Gasteiger partial charge in [0, 0.05) is 12.8 Å². The van der Waals surface area contributed by atoms with Crippen molar-refractivity contribution < 1.29 is 24.5 Å². The van der Waals surface area contributed by atoms with Gasteiger partial charge in [-0.2, -0.15) is 0 Å². The summed E-state index contributed by atoms with van der Waals surface area (Å²) in [7, 11) is 0. The second kappa shape index (κ2) is 56.2. The number of hydrogen-bond acceptors (Lipinski definition) is 5. The summed E-state index contributed by atoms with van der Waals surface area (Å²) in [4.78, 5) is 24.6. The Kier molecular flexibility index (Phi) is 55.0. The molecule has 0 aliphatic heterocycles. The first-order valence-electron chi connectivity index (χ1n) is 29.9. The standard InChI is InChI=1S/C60H117NO5/c1-3-5-7-9-11-13-15-17-19-21-22-23-24-25-26-27-28-30-32-36-40-44-48-52-58(63)57(56-62)61-59(64)53-49-45-41-37-34-35-39-43-47-51-55-66-60(65)54-50-46-42-38-33-31-29-20-18-16-14-12-10-8-6-4-2/h20,29,57-58,62-63H,3-19,21-28,30-56H2,1-2H3,(H,61,64)/b29-20-. The van der Waals surface area contributed by atoms with Crippen LogP contribution in [0.5, 0.6) is 0 Å². The number of nitrogens with one attached hydrogen (secondary N) is 1. The van der Waals surface area contributed by atoms with Gasteiger partial charge in [-0.1, -0.05) is 283 Å². The number of carbonyl (C=O) groups excluding carboxylic acids is 2. The summed E-state index contributed by atoms with van der Waals surface area (Å²) in [6, 6.07) is -0.559. The number of carbonyl (C=O) groups is 2. The number of allylic oxidation sites excluding steroid dienone is 2. The maximum Gasteiger partial charge on any atom is 0.305 e. The molecule has 6 heteroatoms. The van der Waals surface area contributed by atoms with Crippen LogP contribution in [0, 0.1) is 0 Å². The molecule has 0 aromatic heterocycles. The van der Waals surface area contributed by atoms with Gasteiger partial charge in [0.2, 0.25) is 5.91 Å². The number of amides is 1. The van der Waals surface area contributed by atoms with E-state index in [1.54, 1.807) is 0 Å². The minimum absolute atomic E-state index is 0.0248. The van der Waals surface area contributed by atoms with E-state index in [1.807, 2.05) is 0 Å². The third kappa shape index (κ3) is 52.0. The Hall–Kier alpha value is -1.40. The van der Waals surface area contributed by atoms with Crippen LogP contribution in [0.2, 0.25) is 0 Å². The van der Waals surface area contributed by atoms with E-state index in [0.29, 0.717) is 25.9 Å². The predicted molar refractivity (Wildman–Crippen MR) is 287 cm³/mol. The van der Waals surface area contributed by atoms with Crippen molar-refractivity contribution in [3.05, 3.63) is 12.2 Å². The molecule has 66 heavy (non-hydrogen) atoms. The lowest BCUT2D eigenvalue weighted by molar-refractivity contribution is -0.143. The highest BCUT2D eigenvalue weighted by Crippen LogP contribution is 2.18. The number of hydrogen-bond donors (Lipinski definition) is 3. The molecular weight excluding hydrogens is 815 g/mol. The van der Waals surface area contributed by atoms with Crippen molar-refractivity contribution in [3.63, 3.8) is 0 Å². The molecule has 0 radical (unpaired) electrons. The minimum Gasteiger partial charge on any atom is -0.466 e. The van der Waals surface area contributed by atoms with Gasteiger partial charge in [-0.05, 0) is 51.4 Å². The Bertz CT molecular complexity index is 986. The molecule has 0 rings (SSSR count). The number of esters is 1. The molecule has 0 aromatic carbocycles. The van der Waals surface area contributed by atoms with E-state index in [1.165, 1.54) is 244 Å². The lowest BCUT2D eigenvalue weighted by atomic mass is 10.0. The van der Waals surface area contributed by atoms with Crippen molar-refractivity contribution in [1.29, 1.82) is 0 Å². The summed E-state index contributed by atoms with van der Waals surface area (Å²) in [6.45, 7) is 4.92. The second-order valence-corrected chi connectivity index (χ2v) is 20.7. The van der Waals surface area contributed by atoms with Crippen LogP contribution in [-0.4, -0.2) is 47.4 Å². The van der Waals surface area contributed by atoms with Crippen molar-refractivity contribution in [3.8, 4) is 0 Å². The monoisotopic (exact) mass is 932 g/mol. The number of rotatable bonds is 56. The zero-order valence-electron chi connectivity index (χ0n) is 44.7. The smallest absolute Gasteiger partial charge is 0.305 e. The van der Waals surface area contributed by atoms with Gasteiger partial charge in [0.05, 0.1) is 25.4 Å². The molecule has 0 saturated carbocycles. The normalized spacial score (nSPS) is 12.6. The van der Waals surface area contributed by atoms with E-state index in [9.17, 15) is 19.8 Å². The van der Waals surface area contributed by atoms with Gasteiger partial charge in [0.25, 0.3) is 0 Å². The molecule has 6 nitrogen and oxygen atoms in total. The summed E-state index contributed by atoms with van der Waals surface area (Å²) in [6.07, 6.45) is 66.3. The summed E-state index contributed by atoms with van der Waals surface area (Å²) in [5.74, 6) is -0.0790. The molecule has 2 atom stereocenters. The minimum atomic E-state index is -0.680. The summed E-state index contributed by atoms with van der Waals surface area (Å²) in [5, 5.41) is 23.3. The van der Waals surface area contributed by atoms with E-state index in [2.05, 4.69) is 31.3 Å². The van der Waals surface area contributed by atoms with E-state index in [4.69, 9.17) is 4.74 Å². The SMILES string of the molecule is CCCCCCCCC/C=C\CCCCCCCC(=O)OCCCCCCCCCCCCC(=O)NC(CO)C(O)CCCCCCCCCCCCCCCCCCCCCCCCC. The van der Waals surface area contributed by atoms with Crippen molar-refractivity contribution in [2.45, 2.75) is 347 Å². The Morgan fingerprint density at radius 2 is 0.712 bits per heavy atom. The molecule has 0 bridgehead atoms. The molecule has 1 amide bonds. The van der Waals surface area contributed by atoms with Crippen molar-refractivity contribution in [1.82, 2.24) is 5.32 Å². The molecule has 0 aromatic rings. The van der Waals surface area contributed by atoms with Crippen molar-refractivity contribution in [2.75, 3.05) is 13.2 Å². The van der Waals surface area contributed by atoms with Crippen LogP contribution in [0.3, 0.4) is 0 Å². The van der Waals surface area contributed by atoms with Gasteiger partial charge < -0.3 is 20.3 Å². The highest BCUT2D eigenvalue weighted by Gasteiger charge is 2.20. The lowest BCUT2D eigenvalue weighted by Gasteiger charge is -2.22. The van der Waals surface area contributed by atoms with Crippen molar-refractivity contribution >= 4 is 11.9 Å². The van der Waals surface area contributed by atoms with Crippen LogP contribution in [0.4, 0.5) is 0 Å². The lowest BCUT2D eigenvalue weighted by Crippen LogP contribution is -2.45.